The summed E-state index contributed by atoms with van der Waals surface area (Å²) in [6.07, 6.45) is 0.389. The van der Waals surface area contributed by atoms with Crippen molar-refractivity contribution >= 4 is 21.9 Å². The SMILES string of the molecule is CC(C)(C)OC(=O)Nc1ccc(S(N)(=O)=O)cn1. The van der Waals surface area contributed by atoms with Gasteiger partial charge in [0.15, 0.2) is 0 Å². The first kappa shape index (κ1) is 14.4. The molecule has 0 spiro atoms. The first-order valence-electron chi connectivity index (χ1n) is 5.07. The van der Waals surface area contributed by atoms with Crippen molar-refractivity contribution in [3.63, 3.8) is 0 Å². The standard InChI is InChI=1S/C10H15N3O4S/c1-10(2,3)17-9(14)13-8-5-4-7(6-12-8)18(11,15)16/h4-6H,1-3H3,(H2,11,15,16)(H,12,13,14). The molecule has 3 N–H and O–H groups in total. The summed E-state index contributed by atoms with van der Waals surface area (Å²) >= 11 is 0. The second-order valence-corrected chi connectivity index (χ2v) is 6.11. The molecule has 0 aromatic carbocycles. The minimum absolute atomic E-state index is 0.128. The van der Waals surface area contributed by atoms with Crippen LogP contribution in [0.25, 0.3) is 0 Å². The zero-order chi connectivity index (χ0) is 14.0. The molecule has 1 aromatic rings. The number of sulfonamides is 1. The molecule has 1 amide bonds. The Labute approximate surface area is 105 Å². The molecule has 8 heteroatoms. The van der Waals surface area contributed by atoms with Crippen molar-refractivity contribution in [2.24, 2.45) is 5.14 Å². The molecule has 18 heavy (non-hydrogen) atoms. The molecule has 100 valence electrons. The molecular formula is C10H15N3O4S. The van der Waals surface area contributed by atoms with Crippen LogP contribution in [-0.2, 0) is 14.8 Å². The lowest BCUT2D eigenvalue weighted by atomic mass is 10.2. The highest BCUT2D eigenvalue weighted by molar-refractivity contribution is 7.89. The van der Waals surface area contributed by atoms with Gasteiger partial charge in [0, 0.05) is 6.20 Å². The predicted octanol–water partition coefficient (Wildman–Crippen LogP) is 1.08. The number of hydrogen-bond donors (Lipinski definition) is 2. The molecule has 0 saturated carbocycles. The van der Waals surface area contributed by atoms with Crippen LogP contribution in [0.3, 0.4) is 0 Å². The minimum atomic E-state index is -3.78. The van der Waals surface area contributed by atoms with Crippen molar-refractivity contribution in [3.05, 3.63) is 18.3 Å². The molecule has 1 rings (SSSR count). The number of hydrogen-bond acceptors (Lipinski definition) is 5. The Morgan fingerprint density at radius 1 is 1.39 bits per heavy atom. The summed E-state index contributed by atoms with van der Waals surface area (Å²) in [6, 6.07) is 2.57. The summed E-state index contributed by atoms with van der Waals surface area (Å²) in [5.74, 6) is 0.177. The van der Waals surface area contributed by atoms with Gasteiger partial charge in [0.05, 0.1) is 0 Å². The molecule has 0 fully saturated rings. The van der Waals surface area contributed by atoms with E-state index in [0.29, 0.717) is 0 Å². The number of pyridine rings is 1. The van der Waals surface area contributed by atoms with E-state index in [1.165, 1.54) is 12.1 Å². The maximum Gasteiger partial charge on any atom is 0.413 e. The fourth-order valence-corrected chi connectivity index (χ4v) is 1.49. The van der Waals surface area contributed by atoms with Crippen molar-refractivity contribution in [2.45, 2.75) is 31.3 Å². The smallest absolute Gasteiger partial charge is 0.413 e. The molecule has 0 aliphatic heterocycles. The lowest BCUT2D eigenvalue weighted by Crippen LogP contribution is -2.27. The Morgan fingerprint density at radius 3 is 2.39 bits per heavy atom. The molecule has 0 saturated heterocycles. The summed E-state index contributed by atoms with van der Waals surface area (Å²) in [7, 11) is -3.78. The highest BCUT2D eigenvalue weighted by Gasteiger charge is 2.16. The molecular weight excluding hydrogens is 258 g/mol. The molecule has 0 unspecified atom stereocenters. The van der Waals surface area contributed by atoms with E-state index < -0.39 is 21.7 Å². The molecule has 7 nitrogen and oxygen atoms in total. The zero-order valence-corrected chi connectivity index (χ0v) is 11.1. The number of anilines is 1. The fourth-order valence-electron chi connectivity index (χ4n) is 1.03. The number of aromatic nitrogens is 1. The van der Waals surface area contributed by atoms with Crippen molar-refractivity contribution in [3.8, 4) is 0 Å². The Bertz CT molecular complexity index is 531. The normalized spacial score (nSPS) is 12.0. The first-order valence-corrected chi connectivity index (χ1v) is 6.61. The molecule has 0 bridgehead atoms. The van der Waals surface area contributed by atoms with Crippen LogP contribution in [0.2, 0.25) is 0 Å². The maximum atomic E-state index is 11.4. The van der Waals surface area contributed by atoms with Gasteiger partial charge >= 0.3 is 6.09 Å². The average molecular weight is 273 g/mol. The second-order valence-electron chi connectivity index (χ2n) is 4.55. The number of amides is 1. The Morgan fingerprint density at radius 2 is 2.00 bits per heavy atom. The van der Waals surface area contributed by atoms with E-state index in [-0.39, 0.29) is 10.7 Å². The molecule has 0 radical (unpaired) electrons. The van der Waals surface area contributed by atoms with E-state index in [1.54, 1.807) is 20.8 Å². The van der Waals surface area contributed by atoms with Crippen molar-refractivity contribution in [1.29, 1.82) is 0 Å². The fraction of sp³-hybridized carbons (Fsp3) is 0.400. The van der Waals surface area contributed by atoms with Gasteiger partial charge in [-0.3, -0.25) is 5.32 Å². The highest BCUT2D eigenvalue weighted by Crippen LogP contribution is 2.11. The molecule has 0 aliphatic rings. The van der Waals surface area contributed by atoms with Gasteiger partial charge in [-0.2, -0.15) is 0 Å². The molecule has 1 aromatic heterocycles. The van der Waals surface area contributed by atoms with E-state index >= 15 is 0 Å². The highest BCUT2D eigenvalue weighted by atomic mass is 32.2. The van der Waals surface area contributed by atoms with Crippen LogP contribution in [0.1, 0.15) is 20.8 Å². The first-order chi connectivity index (χ1) is 8.08. The van der Waals surface area contributed by atoms with Crippen molar-refractivity contribution in [1.82, 2.24) is 4.98 Å². The molecule has 0 atom stereocenters. The Kier molecular flexibility index (Phi) is 3.92. The van der Waals surface area contributed by atoms with E-state index in [9.17, 15) is 13.2 Å². The van der Waals surface area contributed by atoms with Crippen LogP contribution in [0.5, 0.6) is 0 Å². The summed E-state index contributed by atoms with van der Waals surface area (Å²) in [5, 5.41) is 7.28. The number of primary sulfonamides is 1. The molecule has 0 aliphatic carbocycles. The van der Waals surface area contributed by atoms with Gasteiger partial charge in [0.2, 0.25) is 10.0 Å². The maximum absolute atomic E-state index is 11.4. The van der Waals surface area contributed by atoms with Gasteiger partial charge in [0.1, 0.15) is 16.3 Å². The van der Waals surface area contributed by atoms with E-state index in [4.69, 9.17) is 9.88 Å². The summed E-state index contributed by atoms with van der Waals surface area (Å²) in [6.45, 7) is 5.18. The summed E-state index contributed by atoms with van der Waals surface area (Å²) in [5.41, 5.74) is -0.620. The van der Waals surface area contributed by atoms with Gasteiger partial charge < -0.3 is 4.74 Å². The van der Waals surface area contributed by atoms with Gasteiger partial charge in [-0.1, -0.05) is 0 Å². The number of ether oxygens (including phenoxy) is 1. The van der Waals surface area contributed by atoms with Crippen LogP contribution in [0.4, 0.5) is 10.6 Å². The monoisotopic (exact) mass is 273 g/mol. The van der Waals surface area contributed by atoms with Crippen molar-refractivity contribution in [2.75, 3.05) is 5.32 Å². The minimum Gasteiger partial charge on any atom is -0.444 e. The quantitative estimate of drug-likeness (QED) is 0.837. The average Bonchev–Trinajstić information content (AvgIpc) is 2.13. The van der Waals surface area contributed by atoms with Crippen LogP contribution < -0.4 is 10.5 Å². The number of rotatable bonds is 2. The Balaban J connectivity index is 2.73. The van der Waals surface area contributed by atoms with Crippen LogP contribution in [0, 0.1) is 0 Å². The number of nitrogens with one attached hydrogen (secondary N) is 1. The lowest BCUT2D eigenvalue weighted by Gasteiger charge is -2.19. The van der Waals surface area contributed by atoms with E-state index in [1.807, 2.05) is 0 Å². The van der Waals surface area contributed by atoms with Gasteiger partial charge in [0.25, 0.3) is 0 Å². The third kappa shape index (κ3) is 4.68. The summed E-state index contributed by atoms with van der Waals surface area (Å²) < 4.78 is 27.0. The van der Waals surface area contributed by atoms with Crippen molar-refractivity contribution < 1.29 is 17.9 Å². The number of carbonyl (C=O) groups is 1. The summed E-state index contributed by atoms with van der Waals surface area (Å²) in [4.78, 5) is 15.0. The van der Waals surface area contributed by atoms with E-state index in [2.05, 4.69) is 10.3 Å². The van der Waals surface area contributed by atoms with Crippen LogP contribution in [0.15, 0.2) is 23.2 Å². The lowest BCUT2D eigenvalue weighted by molar-refractivity contribution is 0.0635. The topological polar surface area (TPSA) is 111 Å². The van der Waals surface area contributed by atoms with Crippen LogP contribution >= 0.6 is 0 Å². The third-order valence-electron chi connectivity index (χ3n) is 1.69. The number of nitrogens with two attached hydrogens (primary N) is 1. The van der Waals surface area contributed by atoms with Gasteiger partial charge in [-0.05, 0) is 32.9 Å². The zero-order valence-electron chi connectivity index (χ0n) is 10.3. The Hall–Kier alpha value is -1.67. The predicted molar refractivity (Wildman–Crippen MR) is 65.5 cm³/mol. The van der Waals surface area contributed by atoms with Gasteiger partial charge in [-0.25, -0.2) is 23.3 Å². The third-order valence-corrected chi connectivity index (χ3v) is 2.59. The van der Waals surface area contributed by atoms with Gasteiger partial charge in [-0.15, -0.1) is 0 Å². The van der Waals surface area contributed by atoms with E-state index in [0.717, 1.165) is 6.20 Å². The number of carbonyl (C=O) groups excluding carboxylic acids is 1. The number of nitrogens with zero attached hydrogens (tertiary/aromatic N) is 1. The second kappa shape index (κ2) is 4.91. The molecule has 1 heterocycles. The largest absolute Gasteiger partial charge is 0.444 e. The van der Waals surface area contributed by atoms with Crippen LogP contribution in [-0.4, -0.2) is 25.1 Å².